The Morgan fingerprint density at radius 1 is 1.08 bits per heavy atom. The molecule has 2 aromatic carbocycles. The number of aryl methyl sites for hydroxylation is 1. The van der Waals surface area contributed by atoms with Gasteiger partial charge in [0.25, 0.3) is 0 Å². The first-order valence-electron chi connectivity index (χ1n) is 13.2. The number of hydrogen-bond donors (Lipinski definition) is 0. The lowest BCUT2D eigenvalue weighted by Crippen LogP contribution is -2.39. The Kier molecular flexibility index (Phi) is 6.00. The Labute approximate surface area is 211 Å². The van der Waals surface area contributed by atoms with E-state index < -0.39 is 11.8 Å². The summed E-state index contributed by atoms with van der Waals surface area (Å²) in [5, 5.41) is 2.32. The van der Waals surface area contributed by atoms with Crippen molar-refractivity contribution < 1.29 is 19.1 Å². The lowest BCUT2D eigenvalue weighted by atomic mass is 9.69. The van der Waals surface area contributed by atoms with Gasteiger partial charge in [0.05, 0.1) is 17.6 Å². The number of benzene rings is 2. The molecular weight excluding hydrogens is 452 g/mol. The lowest BCUT2D eigenvalue weighted by Gasteiger charge is -2.35. The van der Waals surface area contributed by atoms with Gasteiger partial charge in [0.1, 0.15) is 12.4 Å². The Balaban J connectivity index is 1.47. The molecule has 36 heavy (non-hydrogen) atoms. The number of carbonyl (C=O) groups excluding carboxylic acids is 2. The van der Waals surface area contributed by atoms with E-state index in [9.17, 15) is 9.59 Å². The Morgan fingerprint density at radius 2 is 1.92 bits per heavy atom. The van der Waals surface area contributed by atoms with Crippen LogP contribution in [0.15, 0.2) is 58.7 Å². The highest BCUT2D eigenvalue weighted by molar-refractivity contribution is 6.12. The van der Waals surface area contributed by atoms with Gasteiger partial charge in [-0.1, -0.05) is 24.3 Å². The summed E-state index contributed by atoms with van der Waals surface area (Å²) in [5.74, 6) is -1.02. The maximum absolute atomic E-state index is 13.5. The van der Waals surface area contributed by atoms with Gasteiger partial charge >= 0.3 is 5.97 Å². The zero-order valence-electron chi connectivity index (χ0n) is 21.0. The van der Waals surface area contributed by atoms with Crippen molar-refractivity contribution in [3.63, 3.8) is 0 Å². The zero-order valence-corrected chi connectivity index (χ0v) is 21.0. The number of ether oxygens (including phenoxy) is 2. The molecule has 1 aliphatic carbocycles. The second-order valence-corrected chi connectivity index (χ2v) is 10.1. The van der Waals surface area contributed by atoms with Crippen molar-refractivity contribution in [2.24, 2.45) is 10.9 Å². The van der Waals surface area contributed by atoms with E-state index in [0.29, 0.717) is 24.3 Å². The van der Waals surface area contributed by atoms with Gasteiger partial charge in [-0.3, -0.25) is 9.79 Å². The molecule has 1 saturated heterocycles. The number of fused-ring (bicyclic) bond motifs is 4. The van der Waals surface area contributed by atoms with E-state index in [1.807, 2.05) is 6.92 Å². The average molecular weight is 485 g/mol. The molecule has 0 amide bonds. The number of Topliss-reactive ketones (excluding diaryl/α,β-unsaturated/α-hetero) is 1. The van der Waals surface area contributed by atoms with E-state index in [-0.39, 0.29) is 24.5 Å². The number of para-hydroxylation sites is 1. The zero-order chi connectivity index (χ0) is 24.8. The fourth-order valence-electron chi connectivity index (χ4n) is 6.37. The number of rotatable bonds is 5. The van der Waals surface area contributed by atoms with Crippen LogP contribution in [0, 0.1) is 5.92 Å². The van der Waals surface area contributed by atoms with Crippen LogP contribution in [0.4, 0.5) is 0 Å². The standard InChI is InChI=1S/C30H32N2O4/c1-3-32-24-11-5-4-9-21(24)22-16-19(13-14-25(22)32)28-27(30(34)36-17-20-8-7-15-35-20)18(2)31-23-10-6-12-26(33)29(23)28/h4-5,9,11,13-14,16,20,28-29H,3,6-8,10,12,15,17H2,1-2H3/t20-,28+,29?/m1/s1. The van der Waals surface area contributed by atoms with Gasteiger partial charge in [0, 0.05) is 58.7 Å². The van der Waals surface area contributed by atoms with Crippen LogP contribution < -0.4 is 0 Å². The van der Waals surface area contributed by atoms with Crippen molar-refractivity contribution in [1.82, 2.24) is 4.57 Å². The number of esters is 1. The molecule has 0 radical (unpaired) electrons. The summed E-state index contributed by atoms with van der Waals surface area (Å²) >= 11 is 0. The number of aliphatic imine (C=N–C) groups is 1. The monoisotopic (exact) mass is 484 g/mol. The first-order valence-corrected chi connectivity index (χ1v) is 13.2. The molecule has 1 saturated carbocycles. The van der Waals surface area contributed by atoms with Crippen LogP contribution in [0.3, 0.4) is 0 Å². The molecule has 0 spiro atoms. The van der Waals surface area contributed by atoms with Crippen LogP contribution in [0.1, 0.15) is 57.4 Å². The summed E-state index contributed by atoms with van der Waals surface area (Å²) < 4.78 is 13.7. The van der Waals surface area contributed by atoms with E-state index in [1.54, 1.807) is 0 Å². The number of allylic oxidation sites excluding steroid dienone is 1. The summed E-state index contributed by atoms with van der Waals surface area (Å²) in [7, 11) is 0. The summed E-state index contributed by atoms with van der Waals surface area (Å²) in [6.07, 6.45) is 3.97. The summed E-state index contributed by atoms with van der Waals surface area (Å²) in [4.78, 5) is 31.6. The normalized spacial score (nSPS) is 24.3. The van der Waals surface area contributed by atoms with E-state index in [1.165, 1.54) is 10.9 Å². The maximum Gasteiger partial charge on any atom is 0.336 e. The Hall–Kier alpha value is -3.25. The van der Waals surface area contributed by atoms with Gasteiger partial charge in [-0.05, 0) is 63.3 Å². The molecule has 0 bridgehead atoms. The van der Waals surface area contributed by atoms with Crippen molar-refractivity contribution in [3.05, 3.63) is 59.3 Å². The highest BCUT2D eigenvalue weighted by Gasteiger charge is 2.44. The van der Waals surface area contributed by atoms with Crippen LogP contribution in [-0.2, 0) is 25.6 Å². The first kappa shape index (κ1) is 23.2. The molecule has 2 aliphatic heterocycles. The smallest absolute Gasteiger partial charge is 0.336 e. The fraction of sp³-hybridized carbons (Fsp3) is 0.433. The van der Waals surface area contributed by atoms with Crippen molar-refractivity contribution in [3.8, 4) is 0 Å². The van der Waals surface area contributed by atoms with E-state index in [0.717, 1.165) is 54.4 Å². The quantitative estimate of drug-likeness (QED) is 0.435. The average Bonchev–Trinajstić information content (AvgIpc) is 3.52. The largest absolute Gasteiger partial charge is 0.460 e. The number of ketones is 1. The summed E-state index contributed by atoms with van der Waals surface area (Å²) in [6.45, 7) is 5.84. The second-order valence-electron chi connectivity index (χ2n) is 10.1. The second kappa shape index (κ2) is 9.32. The van der Waals surface area contributed by atoms with Gasteiger partial charge in [0.15, 0.2) is 0 Å². The predicted molar refractivity (Wildman–Crippen MR) is 140 cm³/mol. The van der Waals surface area contributed by atoms with Crippen LogP contribution >= 0.6 is 0 Å². The van der Waals surface area contributed by atoms with Crippen LogP contribution in [-0.4, -0.2) is 41.3 Å². The summed E-state index contributed by atoms with van der Waals surface area (Å²) in [6, 6.07) is 14.8. The summed E-state index contributed by atoms with van der Waals surface area (Å²) in [5.41, 5.74) is 5.39. The molecule has 6 nitrogen and oxygen atoms in total. The van der Waals surface area contributed by atoms with Crippen LogP contribution in [0.5, 0.6) is 0 Å². The number of aromatic nitrogens is 1. The Morgan fingerprint density at radius 3 is 2.72 bits per heavy atom. The molecule has 6 heteroatoms. The highest BCUT2D eigenvalue weighted by Crippen LogP contribution is 2.44. The molecule has 6 rings (SSSR count). The molecule has 186 valence electrons. The Bertz CT molecular complexity index is 1420. The minimum Gasteiger partial charge on any atom is -0.460 e. The number of carbonyl (C=O) groups is 2. The molecule has 3 aromatic rings. The van der Waals surface area contributed by atoms with Gasteiger partial charge in [-0.15, -0.1) is 0 Å². The molecule has 2 fully saturated rings. The third-order valence-corrected chi connectivity index (χ3v) is 8.02. The van der Waals surface area contributed by atoms with E-state index >= 15 is 0 Å². The number of nitrogens with zero attached hydrogens (tertiary/aromatic N) is 2. The molecule has 3 atom stereocenters. The molecule has 0 N–H and O–H groups in total. The molecular formula is C30H32N2O4. The van der Waals surface area contributed by atoms with Gasteiger partial charge in [0.2, 0.25) is 0 Å². The maximum atomic E-state index is 13.5. The predicted octanol–water partition coefficient (Wildman–Crippen LogP) is 5.72. The van der Waals surface area contributed by atoms with E-state index in [4.69, 9.17) is 14.5 Å². The topological polar surface area (TPSA) is 69.9 Å². The first-order chi connectivity index (χ1) is 17.6. The van der Waals surface area contributed by atoms with Crippen molar-refractivity contribution in [2.45, 2.75) is 64.5 Å². The van der Waals surface area contributed by atoms with Crippen LogP contribution in [0.2, 0.25) is 0 Å². The van der Waals surface area contributed by atoms with Gasteiger partial charge in [-0.25, -0.2) is 4.79 Å². The van der Waals surface area contributed by atoms with E-state index in [2.05, 4.69) is 54.0 Å². The third-order valence-electron chi connectivity index (χ3n) is 8.02. The van der Waals surface area contributed by atoms with Crippen molar-refractivity contribution >= 4 is 39.3 Å². The van der Waals surface area contributed by atoms with Crippen LogP contribution in [0.25, 0.3) is 21.8 Å². The third kappa shape index (κ3) is 3.79. The molecule has 1 unspecified atom stereocenters. The number of hydrogen-bond acceptors (Lipinski definition) is 5. The van der Waals surface area contributed by atoms with Crippen molar-refractivity contribution in [2.75, 3.05) is 13.2 Å². The fourth-order valence-corrected chi connectivity index (χ4v) is 6.37. The molecule has 1 aromatic heterocycles. The minimum atomic E-state index is -0.412. The van der Waals surface area contributed by atoms with Crippen molar-refractivity contribution in [1.29, 1.82) is 0 Å². The van der Waals surface area contributed by atoms with Gasteiger partial charge in [-0.2, -0.15) is 0 Å². The molecule has 3 heterocycles. The molecule has 3 aliphatic rings. The van der Waals surface area contributed by atoms with Gasteiger partial charge < -0.3 is 14.0 Å². The highest BCUT2D eigenvalue weighted by atomic mass is 16.6. The SMILES string of the molecule is CCn1c2ccccc2c2cc([C@H]3C(C(=O)OC[C@H]4CCCO4)=C(C)N=C4CCCC(=O)C43)ccc21. The minimum absolute atomic E-state index is 0.0520. The lowest BCUT2D eigenvalue weighted by molar-refractivity contribution is -0.142.